The maximum Gasteiger partial charge on any atom is 0.734 e. The van der Waals surface area contributed by atoms with E-state index in [0.717, 1.165) is 0 Å². The summed E-state index contributed by atoms with van der Waals surface area (Å²) in [5, 5.41) is 76.0. The maximum atomic E-state index is 10.7. The van der Waals surface area contributed by atoms with Crippen molar-refractivity contribution in [2.24, 2.45) is 0 Å². The van der Waals surface area contributed by atoms with Crippen molar-refractivity contribution in [1.82, 2.24) is 20.4 Å². The van der Waals surface area contributed by atoms with Crippen molar-refractivity contribution in [3.63, 3.8) is 0 Å². The Morgan fingerprint density at radius 1 is 0.533 bits per heavy atom. The number of ether oxygens (including phenoxy) is 2. The summed E-state index contributed by atoms with van der Waals surface area (Å²) in [5.74, 6) is -8.05. The molecule has 0 saturated carbocycles. The lowest BCUT2D eigenvalue weighted by molar-refractivity contribution is -0.970. The minimum absolute atomic E-state index is 1.11. The van der Waals surface area contributed by atoms with Crippen LogP contribution in [0.15, 0.2) is 0 Å². The lowest BCUT2D eigenvalue weighted by Gasteiger charge is -2.09. The second-order valence-corrected chi connectivity index (χ2v) is 4.63. The molecule has 30 heavy (non-hydrogen) atoms. The van der Waals surface area contributed by atoms with E-state index in [1.807, 2.05) is 0 Å². The highest BCUT2D eigenvalue weighted by molar-refractivity contribution is 4.90. The van der Waals surface area contributed by atoms with Gasteiger partial charge < -0.3 is 9.47 Å². The first-order valence-corrected chi connectivity index (χ1v) is 6.52. The monoisotopic (exact) mass is 440 g/mol. The normalized spacial score (nSPS) is 11.2. The average Bonchev–Trinajstić information content (AvgIpc) is 2.62. The summed E-state index contributed by atoms with van der Waals surface area (Å²) in [7, 11) is 0. The number of rotatable bonds is 12. The van der Waals surface area contributed by atoms with Crippen molar-refractivity contribution in [3.8, 4) is 12.0 Å². The zero-order chi connectivity index (χ0) is 23.3. The summed E-state index contributed by atoms with van der Waals surface area (Å²) in [6.45, 7) is -3.65. The number of hydrogen-bond donors (Lipinski definition) is 0. The zero-order valence-corrected chi connectivity index (χ0v) is 13.6. The molecular formula is C6H4N10O14. The molecule has 1 aromatic heterocycles. The van der Waals surface area contributed by atoms with Gasteiger partial charge in [0.2, 0.25) is 0 Å². The lowest BCUT2D eigenvalue weighted by atomic mass is 10.4. The van der Waals surface area contributed by atoms with Crippen LogP contribution in [-0.4, -0.2) is 74.7 Å². The van der Waals surface area contributed by atoms with Gasteiger partial charge in [-0.05, 0) is 0 Å². The molecule has 0 fully saturated rings. The van der Waals surface area contributed by atoms with Crippen LogP contribution in [0.1, 0.15) is 0 Å². The SMILES string of the molecule is O=[N+]([O-])C(COc1nnc(OCC([N+](=O)[O-])([N+](=O)[O-])[N+](=O)[O-])nn1)([N+](=O)[O-])[N+](=O)[O-]. The zero-order valence-electron chi connectivity index (χ0n) is 13.6. The summed E-state index contributed by atoms with van der Waals surface area (Å²) < 4.78 is 8.64. The Balaban J connectivity index is 2.97. The molecule has 1 rings (SSSR count). The fourth-order valence-corrected chi connectivity index (χ4v) is 1.37. The quantitative estimate of drug-likeness (QED) is 0.177. The largest absolute Gasteiger partial charge is 0.734 e. The first kappa shape index (κ1) is 23.0. The smallest absolute Gasteiger partial charge is 0.436 e. The Morgan fingerprint density at radius 2 is 0.733 bits per heavy atom. The molecule has 0 bridgehead atoms. The molecule has 0 spiro atoms. The second kappa shape index (κ2) is 8.31. The van der Waals surface area contributed by atoms with Crippen LogP contribution in [-0.2, 0) is 0 Å². The predicted octanol–water partition coefficient (Wildman–Crippen LogP) is -3.01. The molecule has 0 aromatic carbocycles. The van der Waals surface area contributed by atoms with Crippen molar-refractivity contribution in [3.05, 3.63) is 60.7 Å². The van der Waals surface area contributed by atoms with Gasteiger partial charge in [-0.1, -0.05) is 20.4 Å². The van der Waals surface area contributed by atoms with Gasteiger partial charge in [-0.25, -0.2) is 0 Å². The molecule has 0 aliphatic rings. The molecule has 0 aliphatic heterocycles. The minimum Gasteiger partial charge on any atom is -0.436 e. The van der Waals surface area contributed by atoms with Crippen molar-refractivity contribution in [2.45, 2.75) is 11.6 Å². The van der Waals surface area contributed by atoms with E-state index in [2.05, 4.69) is 29.9 Å². The molecule has 0 N–H and O–H groups in total. The first-order valence-electron chi connectivity index (χ1n) is 6.52. The van der Waals surface area contributed by atoms with Crippen LogP contribution in [0.5, 0.6) is 12.0 Å². The number of nitrogens with zero attached hydrogens (tertiary/aromatic N) is 10. The Morgan fingerprint density at radius 3 is 0.900 bits per heavy atom. The third-order valence-corrected chi connectivity index (χ3v) is 2.99. The summed E-state index contributed by atoms with van der Waals surface area (Å²) in [4.78, 5) is 53.1. The fourth-order valence-electron chi connectivity index (χ4n) is 1.37. The van der Waals surface area contributed by atoms with E-state index < -0.39 is 66.3 Å². The second-order valence-electron chi connectivity index (χ2n) is 4.63. The van der Waals surface area contributed by atoms with Crippen LogP contribution >= 0.6 is 0 Å². The van der Waals surface area contributed by atoms with Gasteiger partial charge in [0.1, 0.15) is 0 Å². The highest BCUT2D eigenvalue weighted by atomic mass is 16.8. The van der Waals surface area contributed by atoms with Gasteiger partial charge in [0.05, 0.1) is 0 Å². The summed E-state index contributed by atoms with van der Waals surface area (Å²) in [6.07, 6.45) is 0. The van der Waals surface area contributed by atoms with E-state index in [-0.39, 0.29) is 0 Å². The van der Waals surface area contributed by atoms with Gasteiger partial charge >= 0.3 is 36.8 Å². The Bertz CT molecular complexity index is 754. The molecule has 24 nitrogen and oxygen atoms in total. The Hall–Kier alpha value is -5.06. The third-order valence-electron chi connectivity index (χ3n) is 2.99. The van der Waals surface area contributed by atoms with E-state index in [1.54, 1.807) is 0 Å². The molecular weight excluding hydrogens is 436 g/mol. The van der Waals surface area contributed by atoms with Crippen LogP contribution in [0.2, 0.25) is 0 Å². The highest BCUT2D eigenvalue weighted by Gasteiger charge is 2.72. The van der Waals surface area contributed by atoms with Gasteiger partial charge in [-0.15, -0.1) is 0 Å². The summed E-state index contributed by atoms with van der Waals surface area (Å²) >= 11 is 0. The van der Waals surface area contributed by atoms with Crippen LogP contribution in [0.3, 0.4) is 0 Å². The summed E-state index contributed by atoms with van der Waals surface area (Å²) in [6, 6.07) is -2.22. The minimum atomic E-state index is -4.03. The molecule has 24 heteroatoms. The fraction of sp³-hybridized carbons (Fsp3) is 0.667. The molecule has 0 unspecified atom stereocenters. The van der Waals surface area contributed by atoms with Gasteiger partial charge in [0.25, 0.3) is 0 Å². The third kappa shape index (κ3) is 3.94. The maximum absolute atomic E-state index is 10.7. The van der Waals surface area contributed by atoms with Crippen LogP contribution < -0.4 is 9.47 Å². The molecule has 0 amide bonds. The number of hydrogen-bond acceptors (Lipinski definition) is 18. The highest BCUT2D eigenvalue weighted by Crippen LogP contribution is 2.16. The standard InChI is InChI=1S/C6H4N10O14/c17-11(18)5(12(19)20,13(21)22)1-29-3-7-9-4(10-8-3)30-2-6(14(23)24,15(25)26)16(27)28/h1-2H2. The lowest BCUT2D eigenvalue weighted by Crippen LogP contribution is -2.57. The van der Waals surface area contributed by atoms with Crippen LogP contribution in [0, 0.1) is 60.7 Å². The molecule has 1 aromatic rings. The van der Waals surface area contributed by atoms with Crippen molar-refractivity contribution in [2.75, 3.05) is 13.2 Å². The molecule has 0 saturated heterocycles. The Kier molecular flexibility index (Phi) is 6.36. The van der Waals surface area contributed by atoms with Crippen molar-refractivity contribution >= 4 is 0 Å². The molecule has 0 aliphatic carbocycles. The van der Waals surface area contributed by atoms with Gasteiger partial charge in [0, 0.05) is 0 Å². The van der Waals surface area contributed by atoms with Crippen LogP contribution in [0.25, 0.3) is 0 Å². The predicted molar refractivity (Wildman–Crippen MR) is 76.0 cm³/mol. The number of nitro groups is 6. The average molecular weight is 440 g/mol. The van der Waals surface area contributed by atoms with E-state index in [1.165, 1.54) is 0 Å². The Labute approximate surface area is 158 Å². The van der Waals surface area contributed by atoms with Crippen LogP contribution in [0.4, 0.5) is 0 Å². The van der Waals surface area contributed by atoms with Gasteiger partial charge in [0.15, 0.2) is 29.5 Å². The summed E-state index contributed by atoms with van der Waals surface area (Å²) in [5.41, 5.74) is 0. The molecule has 162 valence electrons. The van der Waals surface area contributed by atoms with Crippen molar-refractivity contribution < 1.29 is 39.0 Å². The van der Waals surface area contributed by atoms with Crippen molar-refractivity contribution in [1.29, 1.82) is 0 Å². The van der Waals surface area contributed by atoms with E-state index in [0.29, 0.717) is 0 Å². The first-order chi connectivity index (χ1) is 13.8. The van der Waals surface area contributed by atoms with E-state index in [4.69, 9.17) is 0 Å². The topological polar surface area (TPSA) is 329 Å². The van der Waals surface area contributed by atoms with E-state index in [9.17, 15) is 60.7 Å². The molecule has 0 atom stereocenters. The number of aromatic nitrogens is 4. The molecule has 1 heterocycles. The van der Waals surface area contributed by atoms with E-state index >= 15 is 0 Å². The van der Waals surface area contributed by atoms with Gasteiger partial charge in [-0.3, -0.25) is 60.7 Å². The molecule has 0 radical (unpaired) electrons. The van der Waals surface area contributed by atoms with Gasteiger partial charge in [-0.2, -0.15) is 0 Å².